The van der Waals surface area contributed by atoms with Gasteiger partial charge < -0.3 is 14.8 Å². The van der Waals surface area contributed by atoms with Crippen molar-refractivity contribution in [3.63, 3.8) is 0 Å². The van der Waals surface area contributed by atoms with E-state index < -0.39 is 23.1 Å². The second-order valence-corrected chi connectivity index (χ2v) is 8.30. The summed E-state index contributed by atoms with van der Waals surface area (Å²) in [6.45, 7) is 5.76. The lowest BCUT2D eigenvalue weighted by Gasteiger charge is -2.30. The fraction of sp³-hybridized carbons (Fsp3) is 0.222. The summed E-state index contributed by atoms with van der Waals surface area (Å²) in [5, 5.41) is 3.07. The molecule has 0 unspecified atom stereocenters. The summed E-state index contributed by atoms with van der Waals surface area (Å²) < 4.78 is 13.6. The predicted octanol–water partition coefficient (Wildman–Crippen LogP) is 3.22. The van der Waals surface area contributed by atoms with Crippen LogP contribution in [0.2, 0.25) is 0 Å². The van der Waals surface area contributed by atoms with Crippen LogP contribution in [0.15, 0.2) is 88.1 Å². The van der Waals surface area contributed by atoms with E-state index in [0.29, 0.717) is 40.6 Å². The number of benzene rings is 2. The first-order valence-corrected chi connectivity index (χ1v) is 11.2. The molecule has 180 valence electrons. The number of anilines is 1. The zero-order chi connectivity index (χ0) is 25.1. The molecular weight excluding hydrogens is 446 g/mol. The summed E-state index contributed by atoms with van der Waals surface area (Å²) in [5.41, 5.74) is 1.89. The van der Waals surface area contributed by atoms with E-state index in [4.69, 9.17) is 9.47 Å². The van der Waals surface area contributed by atoms with Crippen molar-refractivity contribution in [2.24, 2.45) is 14.1 Å². The highest BCUT2D eigenvalue weighted by atomic mass is 16.5. The SMILES string of the molecule is C=CCOC(=O)C1=C(C)Nc2c(c(=O)n(C)c(=O)n2C)[C@H]1c1ccc(OCc2ccccc2)cc1. The minimum atomic E-state index is -0.739. The van der Waals surface area contributed by atoms with Crippen LogP contribution in [0.1, 0.15) is 29.5 Å². The average Bonchev–Trinajstić information content (AvgIpc) is 2.88. The Morgan fingerprint density at radius 1 is 1.06 bits per heavy atom. The first-order valence-electron chi connectivity index (χ1n) is 11.2. The van der Waals surface area contributed by atoms with Crippen LogP contribution >= 0.6 is 0 Å². The molecule has 0 saturated heterocycles. The Morgan fingerprint density at radius 3 is 2.40 bits per heavy atom. The van der Waals surface area contributed by atoms with Gasteiger partial charge in [0.15, 0.2) is 0 Å². The highest BCUT2D eigenvalue weighted by molar-refractivity contribution is 5.94. The van der Waals surface area contributed by atoms with Crippen molar-refractivity contribution >= 4 is 11.8 Å². The molecule has 8 nitrogen and oxygen atoms in total. The van der Waals surface area contributed by atoms with Gasteiger partial charge in [-0.3, -0.25) is 13.9 Å². The van der Waals surface area contributed by atoms with Crippen LogP contribution in [-0.2, 0) is 30.2 Å². The Hall–Kier alpha value is -4.33. The van der Waals surface area contributed by atoms with Crippen molar-refractivity contribution in [2.45, 2.75) is 19.4 Å². The number of rotatable bonds is 7. The van der Waals surface area contributed by atoms with Crippen LogP contribution in [0.5, 0.6) is 5.75 Å². The molecule has 1 N–H and O–H groups in total. The number of nitrogens with zero attached hydrogens (tertiary/aromatic N) is 2. The minimum absolute atomic E-state index is 0.0345. The normalized spacial score (nSPS) is 14.7. The number of carbonyl (C=O) groups is 1. The summed E-state index contributed by atoms with van der Waals surface area (Å²) >= 11 is 0. The smallest absolute Gasteiger partial charge is 0.337 e. The molecule has 0 bridgehead atoms. The lowest BCUT2D eigenvalue weighted by atomic mass is 9.82. The maximum absolute atomic E-state index is 13.3. The third-order valence-corrected chi connectivity index (χ3v) is 6.00. The van der Waals surface area contributed by atoms with Gasteiger partial charge in [-0.25, -0.2) is 9.59 Å². The number of hydrogen-bond donors (Lipinski definition) is 1. The number of carbonyl (C=O) groups excluding carboxylic acids is 1. The summed E-state index contributed by atoms with van der Waals surface area (Å²) in [7, 11) is 3.00. The summed E-state index contributed by atoms with van der Waals surface area (Å²) in [6, 6.07) is 17.0. The molecule has 2 heterocycles. The van der Waals surface area contributed by atoms with Gasteiger partial charge >= 0.3 is 11.7 Å². The van der Waals surface area contributed by atoms with Gasteiger partial charge in [0, 0.05) is 19.8 Å². The minimum Gasteiger partial charge on any atom is -0.489 e. The monoisotopic (exact) mass is 473 g/mol. The van der Waals surface area contributed by atoms with Crippen molar-refractivity contribution in [1.29, 1.82) is 0 Å². The summed E-state index contributed by atoms with van der Waals surface area (Å²) in [4.78, 5) is 38.9. The molecule has 1 aliphatic heterocycles. The fourth-order valence-corrected chi connectivity index (χ4v) is 4.20. The molecule has 0 amide bonds. The number of aromatic nitrogens is 2. The number of hydrogen-bond acceptors (Lipinski definition) is 6. The quantitative estimate of drug-likeness (QED) is 0.419. The number of nitrogens with one attached hydrogen (secondary N) is 1. The predicted molar refractivity (Wildman–Crippen MR) is 133 cm³/mol. The van der Waals surface area contributed by atoms with E-state index in [-0.39, 0.29) is 6.61 Å². The van der Waals surface area contributed by atoms with Crippen LogP contribution in [0, 0.1) is 0 Å². The van der Waals surface area contributed by atoms with E-state index in [9.17, 15) is 14.4 Å². The van der Waals surface area contributed by atoms with Crippen LogP contribution in [0.25, 0.3) is 0 Å². The van der Waals surface area contributed by atoms with Gasteiger partial charge in [0.1, 0.15) is 24.8 Å². The molecule has 0 radical (unpaired) electrons. The first kappa shape index (κ1) is 23.8. The van der Waals surface area contributed by atoms with E-state index in [0.717, 1.165) is 10.1 Å². The maximum atomic E-state index is 13.3. The van der Waals surface area contributed by atoms with Crippen molar-refractivity contribution in [1.82, 2.24) is 9.13 Å². The van der Waals surface area contributed by atoms with E-state index in [1.165, 1.54) is 17.7 Å². The second kappa shape index (κ2) is 9.89. The van der Waals surface area contributed by atoms with Crippen molar-refractivity contribution in [2.75, 3.05) is 11.9 Å². The lowest BCUT2D eigenvalue weighted by molar-refractivity contribution is -0.138. The number of fused-ring (bicyclic) bond motifs is 1. The Balaban J connectivity index is 1.78. The number of allylic oxidation sites excluding steroid dienone is 1. The van der Waals surface area contributed by atoms with Gasteiger partial charge in [-0.15, -0.1) is 0 Å². The van der Waals surface area contributed by atoms with Gasteiger partial charge in [-0.05, 0) is 30.2 Å². The molecule has 3 aromatic rings. The molecular formula is C27H27N3O5. The Morgan fingerprint density at radius 2 is 1.74 bits per heavy atom. The third kappa shape index (κ3) is 4.55. The highest BCUT2D eigenvalue weighted by Gasteiger charge is 2.37. The van der Waals surface area contributed by atoms with Crippen LogP contribution in [0.4, 0.5) is 5.82 Å². The third-order valence-electron chi connectivity index (χ3n) is 6.00. The molecule has 1 aromatic heterocycles. The van der Waals surface area contributed by atoms with E-state index in [1.54, 1.807) is 26.1 Å². The van der Waals surface area contributed by atoms with Crippen molar-refractivity contribution in [3.8, 4) is 5.75 Å². The van der Waals surface area contributed by atoms with E-state index in [1.807, 2.05) is 42.5 Å². The molecule has 0 spiro atoms. The van der Waals surface area contributed by atoms with Gasteiger partial charge in [0.05, 0.1) is 17.1 Å². The highest BCUT2D eigenvalue weighted by Crippen LogP contribution is 2.40. The van der Waals surface area contributed by atoms with Crippen LogP contribution in [-0.4, -0.2) is 21.7 Å². The molecule has 0 saturated carbocycles. The summed E-state index contributed by atoms with van der Waals surface area (Å²) in [5.74, 6) is -0.301. The fourth-order valence-electron chi connectivity index (χ4n) is 4.20. The summed E-state index contributed by atoms with van der Waals surface area (Å²) in [6.07, 6.45) is 1.48. The molecule has 1 aliphatic rings. The zero-order valence-electron chi connectivity index (χ0n) is 19.9. The average molecular weight is 474 g/mol. The second-order valence-electron chi connectivity index (χ2n) is 8.30. The van der Waals surface area contributed by atoms with Crippen LogP contribution in [0.3, 0.4) is 0 Å². The topological polar surface area (TPSA) is 91.6 Å². The molecule has 2 aromatic carbocycles. The number of esters is 1. The van der Waals surface area contributed by atoms with Crippen LogP contribution < -0.4 is 21.3 Å². The zero-order valence-corrected chi connectivity index (χ0v) is 19.9. The Bertz CT molecular complexity index is 1420. The van der Waals surface area contributed by atoms with Gasteiger partial charge in [-0.2, -0.15) is 0 Å². The largest absolute Gasteiger partial charge is 0.489 e. The Labute approximate surface area is 202 Å². The van der Waals surface area contributed by atoms with Crippen molar-refractivity contribution in [3.05, 3.63) is 116 Å². The van der Waals surface area contributed by atoms with Crippen molar-refractivity contribution < 1.29 is 14.3 Å². The number of ether oxygens (including phenoxy) is 2. The molecule has 4 rings (SSSR count). The molecule has 8 heteroatoms. The van der Waals surface area contributed by atoms with Gasteiger partial charge in [0.25, 0.3) is 5.56 Å². The molecule has 0 aliphatic carbocycles. The van der Waals surface area contributed by atoms with Gasteiger partial charge in [0.2, 0.25) is 0 Å². The van der Waals surface area contributed by atoms with E-state index >= 15 is 0 Å². The van der Waals surface area contributed by atoms with E-state index in [2.05, 4.69) is 11.9 Å². The molecule has 35 heavy (non-hydrogen) atoms. The molecule has 0 fully saturated rings. The Kier molecular flexibility index (Phi) is 6.73. The maximum Gasteiger partial charge on any atom is 0.337 e. The standard InChI is InChI=1S/C27H27N3O5/c1-5-15-34-26(32)21-17(2)28-24-23(25(31)30(4)27(33)29(24)3)22(21)19-11-13-20(14-12-19)35-16-18-9-7-6-8-10-18/h5-14,22,28H,1,15-16H2,2-4H3/t22-/m0/s1. The molecule has 1 atom stereocenters. The van der Waals surface area contributed by atoms with Gasteiger partial charge in [-0.1, -0.05) is 55.1 Å². The lowest BCUT2D eigenvalue weighted by Crippen LogP contribution is -2.43. The first-order chi connectivity index (χ1) is 16.8.